The van der Waals surface area contributed by atoms with Gasteiger partial charge in [0.15, 0.2) is 0 Å². The highest BCUT2D eigenvalue weighted by Crippen LogP contribution is 2.27. The molecule has 1 saturated carbocycles. The van der Waals surface area contributed by atoms with E-state index in [0.717, 1.165) is 6.04 Å². The van der Waals surface area contributed by atoms with Gasteiger partial charge in [0.05, 0.1) is 12.2 Å². The molecule has 1 heterocycles. The molecule has 2 aliphatic rings. The van der Waals surface area contributed by atoms with E-state index in [4.69, 9.17) is 10.5 Å². The first kappa shape index (κ1) is 19.5. The van der Waals surface area contributed by atoms with Gasteiger partial charge in [0.1, 0.15) is 0 Å². The second-order valence-corrected chi connectivity index (χ2v) is 5.99. The molecule has 5 heteroatoms. The standard InChI is InChI=1S/C14H28N2O.2ClH/c1-11(2)17-14-5-3-13(4-6-14)16-9-7-12(15)8-10-16;;/h11-14H,3-10,15H2,1-2H3;2*1H. The Kier molecular flexibility index (Phi) is 9.63. The fraction of sp³-hybridized carbons (Fsp3) is 1.00. The first-order valence-electron chi connectivity index (χ1n) is 7.30. The van der Waals surface area contributed by atoms with Crippen molar-refractivity contribution in [2.45, 2.75) is 76.7 Å². The summed E-state index contributed by atoms with van der Waals surface area (Å²) in [7, 11) is 0. The van der Waals surface area contributed by atoms with Gasteiger partial charge in [-0.3, -0.25) is 0 Å². The Hall–Kier alpha value is 0.460. The second-order valence-electron chi connectivity index (χ2n) is 5.99. The van der Waals surface area contributed by atoms with Crippen molar-refractivity contribution in [1.82, 2.24) is 4.90 Å². The summed E-state index contributed by atoms with van der Waals surface area (Å²) >= 11 is 0. The summed E-state index contributed by atoms with van der Waals surface area (Å²) in [5.74, 6) is 0. The third-order valence-corrected chi connectivity index (χ3v) is 4.20. The van der Waals surface area contributed by atoms with E-state index >= 15 is 0 Å². The van der Waals surface area contributed by atoms with Gasteiger partial charge in [-0.05, 0) is 65.5 Å². The molecule has 0 atom stereocenters. The van der Waals surface area contributed by atoms with Gasteiger partial charge in [-0.25, -0.2) is 0 Å². The number of hydrogen-bond donors (Lipinski definition) is 1. The Morgan fingerprint density at radius 2 is 1.47 bits per heavy atom. The lowest BCUT2D eigenvalue weighted by Gasteiger charge is -2.40. The first-order chi connectivity index (χ1) is 8.15. The first-order valence-corrected chi connectivity index (χ1v) is 7.30. The normalized spacial score (nSPS) is 29.7. The number of nitrogens with two attached hydrogens (primary N) is 1. The molecular weight excluding hydrogens is 283 g/mol. The minimum absolute atomic E-state index is 0. The average Bonchev–Trinajstić information content (AvgIpc) is 2.30. The van der Waals surface area contributed by atoms with Crippen LogP contribution in [0.2, 0.25) is 0 Å². The summed E-state index contributed by atoms with van der Waals surface area (Å²) in [6.07, 6.45) is 8.36. The molecule has 1 saturated heterocycles. The molecular formula is C14H30Cl2N2O. The van der Waals surface area contributed by atoms with Crippen LogP contribution in [0.1, 0.15) is 52.4 Å². The Bertz CT molecular complexity index is 225. The van der Waals surface area contributed by atoms with Crippen LogP contribution in [0, 0.1) is 0 Å². The number of nitrogens with zero attached hydrogens (tertiary/aromatic N) is 1. The molecule has 1 aliphatic carbocycles. The number of ether oxygens (including phenoxy) is 1. The fourth-order valence-electron chi connectivity index (χ4n) is 3.22. The number of piperidine rings is 1. The van der Waals surface area contributed by atoms with E-state index in [-0.39, 0.29) is 24.8 Å². The highest BCUT2D eigenvalue weighted by Gasteiger charge is 2.28. The molecule has 2 fully saturated rings. The lowest BCUT2D eigenvalue weighted by Crippen LogP contribution is -2.46. The van der Waals surface area contributed by atoms with Gasteiger partial charge in [0, 0.05) is 12.1 Å². The zero-order valence-electron chi connectivity index (χ0n) is 12.2. The van der Waals surface area contributed by atoms with E-state index in [1.807, 2.05) is 0 Å². The molecule has 0 bridgehead atoms. The average molecular weight is 313 g/mol. The molecule has 2 rings (SSSR count). The third-order valence-electron chi connectivity index (χ3n) is 4.20. The van der Waals surface area contributed by atoms with Crippen molar-refractivity contribution in [1.29, 1.82) is 0 Å². The van der Waals surface area contributed by atoms with Crippen molar-refractivity contribution in [3.05, 3.63) is 0 Å². The van der Waals surface area contributed by atoms with Gasteiger partial charge in [0.2, 0.25) is 0 Å². The van der Waals surface area contributed by atoms with Gasteiger partial charge >= 0.3 is 0 Å². The predicted octanol–water partition coefficient (Wildman–Crippen LogP) is 2.99. The fourth-order valence-corrected chi connectivity index (χ4v) is 3.22. The zero-order valence-corrected chi connectivity index (χ0v) is 13.8. The molecule has 0 aromatic rings. The van der Waals surface area contributed by atoms with Crippen LogP contribution in [0.15, 0.2) is 0 Å². The Balaban J connectivity index is 0.00000162. The molecule has 116 valence electrons. The minimum atomic E-state index is 0. The molecule has 0 aromatic carbocycles. The molecule has 0 radical (unpaired) electrons. The van der Waals surface area contributed by atoms with Crippen molar-refractivity contribution in [2.75, 3.05) is 13.1 Å². The van der Waals surface area contributed by atoms with Crippen LogP contribution in [-0.2, 0) is 4.74 Å². The number of hydrogen-bond acceptors (Lipinski definition) is 3. The molecule has 19 heavy (non-hydrogen) atoms. The second kappa shape index (κ2) is 9.41. The Labute approximate surface area is 130 Å². The molecule has 3 nitrogen and oxygen atoms in total. The van der Waals surface area contributed by atoms with E-state index in [1.165, 1.54) is 51.6 Å². The summed E-state index contributed by atoms with van der Waals surface area (Å²) < 4.78 is 5.91. The van der Waals surface area contributed by atoms with Crippen LogP contribution in [-0.4, -0.2) is 42.3 Å². The minimum Gasteiger partial charge on any atom is -0.376 e. The zero-order chi connectivity index (χ0) is 12.3. The lowest BCUT2D eigenvalue weighted by atomic mass is 9.90. The van der Waals surface area contributed by atoms with Gasteiger partial charge in [-0.15, -0.1) is 24.8 Å². The molecule has 2 N–H and O–H groups in total. The van der Waals surface area contributed by atoms with Crippen LogP contribution >= 0.6 is 24.8 Å². The molecule has 0 spiro atoms. The summed E-state index contributed by atoms with van der Waals surface area (Å²) in [6.45, 7) is 6.69. The maximum absolute atomic E-state index is 5.96. The van der Waals surface area contributed by atoms with Crippen molar-refractivity contribution in [3.8, 4) is 0 Å². The van der Waals surface area contributed by atoms with Crippen LogP contribution in [0.5, 0.6) is 0 Å². The number of halogens is 2. The monoisotopic (exact) mass is 312 g/mol. The van der Waals surface area contributed by atoms with Crippen molar-refractivity contribution in [2.24, 2.45) is 5.73 Å². The maximum atomic E-state index is 5.96. The highest BCUT2D eigenvalue weighted by atomic mass is 35.5. The van der Waals surface area contributed by atoms with Crippen LogP contribution in [0.25, 0.3) is 0 Å². The van der Waals surface area contributed by atoms with Crippen LogP contribution in [0.3, 0.4) is 0 Å². The van der Waals surface area contributed by atoms with E-state index < -0.39 is 0 Å². The van der Waals surface area contributed by atoms with E-state index in [9.17, 15) is 0 Å². The third kappa shape index (κ3) is 6.17. The van der Waals surface area contributed by atoms with Crippen molar-refractivity contribution >= 4 is 24.8 Å². The predicted molar refractivity (Wildman–Crippen MR) is 85.5 cm³/mol. The maximum Gasteiger partial charge on any atom is 0.0579 e. The van der Waals surface area contributed by atoms with Crippen molar-refractivity contribution < 1.29 is 4.74 Å². The summed E-state index contributed by atoms with van der Waals surface area (Å²) in [5.41, 5.74) is 5.96. The topological polar surface area (TPSA) is 38.5 Å². The number of rotatable bonds is 3. The quantitative estimate of drug-likeness (QED) is 0.870. The Morgan fingerprint density at radius 1 is 0.947 bits per heavy atom. The van der Waals surface area contributed by atoms with Gasteiger partial charge < -0.3 is 15.4 Å². The number of likely N-dealkylation sites (tertiary alicyclic amines) is 1. The molecule has 1 aliphatic heterocycles. The summed E-state index contributed by atoms with van der Waals surface area (Å²) in [5, 5.41) is 0. The van der Waals surface area contributed by atoms with Crippen LogP contribution < -0.4 is 5.73 Å². The van der Waals surface area contributed by atoms with Crippen molar-refractivity contribution in [3.63, 3.8) is 0 Å². The van der Waals surface area contributed by atoms with Gasteiger partial charge in [-0.1, -0.05) is 0 Å². The largest absolute Gasteiger partial charge is 0.376 e. The molecule has 0 amide bonds. The van der Waals surface area contributed by atoms with E-state index in [1.54, 1.807) is 0 Å². The van der Waals surface area contributed by atoms with E-state index in [2.05, 4.69) is 18.7 Å². The molecule has 0 unspecified atom stereocenters. The smallest absolute Gasteiger partial charge is 0.0579 e. The van der Waals surface area contributed by atoms with Gasteiger partial charge in [-0.2, -0.15) is 0 Å². The summed E-state index contributed by atoms with van der Waals surface area (Å²) in [4.78, 5) is 2.66. The Morgan fingerprint density at radius 3 is 1.95 bits per heavy atom. The van der Waals surface area contributed by atoms with E-state index in [0.29, 0.717) is 18.2 Å². The van der Waals surface area contributed by atoms with Gasteiger partial charge in [0.25, 0.3) is 0 Å². The molecule has 0 aromatic heterocycles. The SMILES string of the molecule is CC(C)OC1CCC(N2CCC(N)CC2)CC1.Cl.Cl. The van der Waals surface area contributed by atoms with Crippen LogP contribution in [0.4, 0.5) is 0 Å². The highest BCUT2D eigenvalue weighted by molar-refractivity contribution is 5.85. The summed E-state index contributed by atoms with van der Waals surface area (Å²) in [6, 6.07) is 1.25. The lowest BCUT2D eigenvalue weighted by molar-refractivity contribution is -0.0281.